The highest BCUT2D eigenvalue weighted by atomic mass is 35.5. The van der Waals surface area contributed by atoms with E-state index < -0.39 is 50.6 Å². The van der Waals surface area contributed by atoms with Crippen LogP contribution in [0.5, 0.6) is 0 Å². The Morgan fingerprint density at radius 2 is 1.61 bits per heavy atom. The highest BCUT2D eigenvalue weighted by Crippen LogP contribution is 2.48. The lowest BCUT2D eigenvalue weighted by Gasteiger charge is -2.26. The SMILES string of the molecule is CCCCCCCCCCCCCCCCCCOCC(COP(=O)(O)OC(C)C1OC(C#N)(c2ccc3c(N)[nH+]cnn23)C(O)C1O)OCc1ccc(Cl)c(C#N)c1. The Labute approximate surface area is 353 Å². The number of phosphoric acid groups is 1. The van der Waals surface area contributed by atoms with Crippen molar-refractivity contribution in [1.82, 2.24) is 9.61 Å². The summed E-state index contributed by atoms with van der Waals surface area (Å²) >= 11 is 6.09. The van der Waals surface area contributed by atoms with E-state index in [0.717, 1.165) is 19.3 Å². The number of aromatic amines is 1. The number of nitrogen functional groups attached to an aromatic ring is 1. The number of nitrogens with zero attached hydrogens (tertiary/aromatic N) is 4. The fraction of sp³-hybridized carbons (Fsp3) is 0.667. The second-order valence-electron chi connectivity index (χ2n) is 15.4. The minimum atomic E-state index is -4.84. The van der Waals surface area contributed by atoms with Gasteiger partial charge in [0.15, 0.2) is 5.52 Å². The molecule has 4 rings (SSSR count). The lowest BCUT2D eigenvalue weighted by Crippen LogP contribution is -2.41. The first-order valence-corrected chi connectivity index (χ1v) is 23.0. The number of hydrogen-bond acceptors (Lipinski definition) is 12. The van der Waals surface area contributed by atoms with Crippen LogP contribution in [0.3, 0.4) is 0 Å². The number of hydrogen-bond donors (Lipinski definition) is 4. The van der Waals surface area contributed by atoms with Crippen molar-refractivity contribution in [3.8, 4) is 12.1 Å². The number of halogens is 1. The molecule has 1 saturated heterocycles. The molecule has 3 heterocycles. The minimum Gasteiger partial charge on any atom is -0.387 e. The summed E-state index contributed by atoms with van der Waals surface area (Å²) in [4.78, 5) is 13.5. The van der Waals surface area contributed by atoms with Crippen LogP contribution < -0.4 is 10.7 Å². The topological polar surface area (TPSA) is 229 Å². The molecular weight excluding hydrogens is 799 g/mol. The first kappa shape index (κ1) is 48.5. The molecule has 6 N–H and O–H groups in total. The Bertz CT molecular complexity index is 1860. The van der Waals surface area contributed by atoms with Gasteiger partial charge in [-0.15, -0.1) is 0 Å². The molecule has 0 bridgehead atoms. The van der Waals surface area contributed by atoms with Crippen molar-refractivity contribution in [3.05, 3.63) is 58.5 Å². The van der Waals surface area contributed by atoms with Crippen LogP contribution in [0.4, 0.5) is 5.82 Å². The van der Waals surface area contributed by atoms with Gasteiger partial charge in [0.2, 0.25) is 17.7 Å². The van der Waals surface area contributed by atoms with Crippen molar-refractivity contribution in [2.45, 2.75) is 159 Å². The summed E-state index contributed by atoms with van der Waals surface area (Å²) in [5.74, 6) is 0.243. The third-order valence-corrected chi connectivity index (χ3v) is 12.1. The fourth-order valence-electron chi connectivity index (χ4n) is 7.33. The number of unbranched alkanes of at least 4 members (excludes halogenated alkanes) is 15. The van der Waals surface area contributed by atoms with Crippen molar-refractivity contribution in [3.63, 3.8) is 0 Å². The number of H-pyrrole nitrogens is 1. The first-order valence-electron chi connectivity index (χ1n) is 21.1. The molecule has 326 valence electrons. The lowest BCUT2D eigenvalue weighted by atomic mass is 9.92. The van der Waals surface area contributed by atoms with Crippen LogP contribution in [0, 0.1) is 22.7 Å². The molecular formula is C42H63ClN6O9P+. The second-order valence-corrected chi connectivity index (χ2v) is 17.2. The van der Waals surface area contributed by atoms with Crippen molar-refractivity contribution >= 4 is 30.8 Å². The van der Waals surface area contributed by atoms with Gasteiger partial charge in [-0.05, 0) is 48.3 Å². The van der Waals surface area contributed by atoms with Gasteiger partial charge < -0.3 is 35.1 Å². The Kier molecular flexibility index (Phi) is 20.5. The number of nitrogens with two attached hydrogens (primary N) is 1. The van der Waals surface area contributed by atoms with E-state index in [1.165, 1.54) is 107 Å². The molecule has 1 fully saturated rings. The molecule has 1 aromatic carbocycles. The fourth-order valence-corrected chi connectivity index (χ4v) is 8.44. The highest BCUT2D eigenvalue weighted by molar-refractivity contribution is 7.47. The van der Waals surface area contributed by atoms with Crippen LogP contribution >= 0.6 is 19.4 Å². The largest absolute Gasteiger partial charge is 0.472 e. The zero-order chi connectivity index (χ0) is 42.7. The van der Waals surface area contributed by atoms with Crippen molar-refractivity contribution in [2.75, 3.05) is 25.6 Å². The van der Waals surface area contributed by atoms with Crippen LogP contribution in [-0.2, 0) is 40.0 Å². The number of nitriles is 2. The smallest absolute Gasteiger partial charge is 0.387 e. The monoisotopic (exact) mass is 861 g/mol. The van der Waals surface area contributed by atoms with E-state index >= 15 is 0 Å². The minimum absolute atomic E-state index is 0.0401. The molecule has 59 heavy (non-hydrogen) atoms. The maximum absolute atomic E-state index is 13.3. The van der Waals surface area contributed by atoms with Gasteiger partial charge in [-0.1, -0.05) is 121 Å². The van der Waals surface area contributed by atoms with Gasteiger partial charge in [-0.3, -0.25) is 9.05 Å². The normalized spacial score (nSPS) is 21.3. The van der Waals surface area contributed by atoms with Crippen molar-refractivity contribution in [2.24, 2.45) is 0 Å². The van der Waals surface area contributed by atoms with Gasteiger partial charge >= 0.3 is 7.82 Å². The molecule has 2 aromatic heterocycles. The van der Waals surface area contributed by atoms with Gasteiger partial charge in [0.05, 0.1) is 36.5 Å². The predicted molar refractivity (Wildman–Crippen MR) is 222 cm³/mol. The molecule has 17 heteroatoms. The quantitative estimate of drug-likeness (QED) is 0.0392. The van der Waals surface area contributed by atoms with Crippen LogP contribution in [0.25, 0.3) is 5.52 Å². The Balaban J connectivity index is 1.23. The summed E-state index contributed by atoms with van der Waals surface area (Å²) in [6.07, 6.45) is 14.5. The summed E-state index contributed by atoms with van der Waals surface area (Å²) in [5, 5.41) is 46.2. The summed E-state index contributed by atoms with van der Waals surface area (Å²) in [5.41, 5.74) is 5.29. The highest BCUT2D eigenvalue weighted by Gasteiger charge is 2.59. The number of ether oxygens (including phenoxy) is 3. The summed E-state index contributed by atoms with van der Waals surface area (Å²) in [7, 11) is -4.84. The third-order valence-electron chi connectivity index (χ3n) is 10.7. The van der Waals surface area contributed by atoms with E-state index in [-0.39, 0.29) is 30.3 Å². The molecule has 0 radical (unpaired) electrons. The number of phosphoric ester groups is 1. The number of fused-ring (bicyclic) bond motifs is 1. The zero-order valence-electron chi connectivity index (χ0n) is 34.5. The van der Waals surface area contributed by atoms with Crippen LogP contribution in [0.15, 0.2) is 36.7 Å². The number of benzene rings is 1. The summed E-state index contributed by atoms with van der Waals surface area (Å²) in [6, 6.07) is 11.9. The van der Waals surface area contributed by atoms with E-state index in [0.29, 0.717) is 22.7 Å². The van der Waals surface area contributed by atoms with Gasteiger partial charge in [0.1, 0.15) is 42.2 Å². The number of aromatic nitrogens is 3. The molecule has 1 aliphatic rings. The number of nitrogens with one attached hydrogen (secondary N) is 1. The summed E-state index contributed by atoms with van der Waals surface area (Å²) < 4.78 is 43.2. The van der Waals surface area contributed by atoms with Gasteiger partial charge in [-0.25, -0.2) is 9.55 Å². The second kappa shape index (κ2) is 24.9. The standard InChI is InChI=1S/C42H62ClN6O9P/c1-3-4-5-6-7-8-9-10-11-12-13-14-15-16-17-18-23-54-27-34(55-26-32-19-20-35(43)33(24-32)25-44)28-56-59(52,53)58-31(2)39-38(50)40(51)42(29-45,57-39)37-22-21-36-41(46)47-30-48-49(36)37/h19-22,24,30-31,34,38-40,50-51H,3-18,23,26-28H2,1-2H3,(H,52,53)(H2,46,47,48)/p+1. The zero-order valence-corrected chi connectivity index (χ0v) is 36.1. The van der Waals surface area contributed by atoms with E-state index in [2.05, 4.69) is 17.0 Å². The van der Waals surface area contributed by atoms with Gasteiger partial charge in [0, 0.05) is 6.61 Å². The van der Waals surface area contributed by atoms with Gasteiger partial charge in [-0.2, -0.15) is 15.0 Å². The maximum Gasteiger partial charge on any atom is 0.472 e. The Morgan fingerprint density at radius 3 is 2.22 bits per heavy atom. The average molecular weight is 862 g/mol. The van der Waals surface area contributed by atoms with Crippen LogP contribution in [-0.4, -0.2) is 75.1 Å². The Morgan fingerprint density at radius 1 is 0.983 bits per heavy atom. The predicted octanol–water partition coefficient (Wildman–Crippen LogP) is 7.48. The lowest BCUT2D eigenvalue weighted by molar-refractivity contribution is -0.365. The average Bonchev–Trinajstić information content (AvgIpc) is 3.78. The number of rotatable bonds is 29. The van der Waals surface area contributed by atoms with E-state index in [9.17, 15) is 30.2 Å². The van der Waals surface area contributed by atoms with E-state index in [1.807, 2.05) is 12.1 Å². The number of aliphatic hydroxyl groups excluding tert-OH is 2. The molecule has 1 aliphatic heterocycles. The number of anilines is 1. The summed E-state index contributed by atoms with van der Waals surface area (Å²) in [6.45, 7) is 3.76. The van der Waals surface area contributed by atoms with E-state index in [1.54, 1.807) is 24.3 Å². The molecule has 0 spiro atoms. The molecule has 0 amide bonds. The Hall–Kier alpha value is -3.18. The van der Waals surface area contributed by atoms with Crippen LogP contribution in [0.2, 0.25) is 5.02 Å². The molecule has 7 unspecified atom stereocenters. The molecule has 7 atom stereocenters. The van der Waals surface area contributed by atoms with Crippen LogP contribution in [0.1, 0.15) is 133 Å². The molecule has 0 saturated carbocycles. The third kappa shape index (κ3) is 14.5. The molecule has 3 aromatic rings. The number of aliphatic hydroxyl groups is 2. The first-order chi connectivity index (χ1) is 28.5. The maximum atomic E-state index is 13.3. The molecule has 0 aliphatic carbocycles. The van der Waals surface area contributed by atoms with Crippen molar-refractivity contribution < 1.29 is 47.9 Å². The van der Waals surface area contributed by atoms with Crippen molar-refractivity contribution in [1.29, 1.82) is 10.5 Å². The van der Waals surface area contributed by atoms with E-state index in [4.69, 9.17) is 40.6 Å². The molecule has 15 nitrogen and oxygen atoms in total. The van der Waals surface area contributed by atoms with Gasteiger partial charge in [0.25, 0.3) is 0 Å².